The first-order valence-corrected chi connectivity index (χ1v) is 10.5. The maximum atomic E-state index is 6.62. The van der Waals surface area contributed by atoms with Crippen molar-refractivity contribution in [2.45, 2.75) is 69.4 Å². The largest absolute Gasteiger partial charge is 0.374 e. The third kappa shape index (κ3) is 3.70. The Kier molecular flexibility index (Phi) is 4.87. The normalized spacial score (nSPS) is 29.5. The summed E-state index contributed by atoms with van der Waals surface area (Å²) in [6.07, 6.45) is 8.51. The molecule has 1 unspecified atom stereocenters. The van der Waals surface area contributed by atoms with E-state index in [1.165, 1.54) is 43.4 Å². The lowest BCUT2D eigenvalue weighted by Gasteiger charge is -2.44. The van der Waals surface area contributed by atoms with Crippen molar-refractivity contribution in [2.75, 3.05) is 19.6 Å². The quantitative estimate of drug-likeness (QED) is 0.811. The minimum atomic E-state index is -0.122. The maximum absolute atomic E-state index is 6.62. The molecule has 0 aromatic heterocycles. The number of nitrogens with two attached hydrogens (primary N) is 1. The van der Waals surface area contributed by atoms with Gasteiger partial charge in [-0.05, 0) is 43.1 Å². The number of hydrogen-bond acceptors (Lipinski definition) is 3. The van der Waals surface area contributed by atoms with Crippen LogP contribution in [0.5, 0.6) is 0 Å². The van der Waals surface area contributed by atoms with Crippen LogP contribution in [-0.2, 0) is 0 Å². The van der Waals surface area contributed by atoms with Gasteiger partial charge in [-0.15, -0.1) is 0 Å². The molecule has 26 heavy (non-hydrogen) atoms. The molecule has 0 amide bonds. The summed E-state index contributed by atoms with van der Waals surface area (Å²) in [6, 6.07) is 11.6. The average Bonchev–Trinajstić information content (AvgIpc) is 3.32. The van der Waals surface area contributed by atoms with E-state index in [9.17, 15) is 0 Å². The van der Waals surface area contributed by atoms with Crippen molar-refractivity contribution in [3.63, 3.8) is 0 Å². The minimum absolute atomic E-state index is 0.122. The summed E-state index contributed by atoms with van der Waals surface area (Å²) in [5.41, 5.74) is 9.60. The Hall–Kier alpha value is -1.32. The molecule has 3 fully saturated rings. The minimum Gasteiger partial charge on any atom is -0.374 e. The zero-order valence-electron chi connectivity index (χ0n) is 16.3. The molecule has 3 N–H and O–H groups in total. The van der Waals surface area contributed by atoms with Crippen LogP contribution in [0.4, 0.5) is 0 Å². The maximum Gasteiger partial charge on any atom is 0.0554 e. The van der Waals surface area contributed by atoms with Gasteiger partial charge in [0.2, 0.25) is 0 Å². The SMILES string of the molecule is C=C(N1CCC(C)(CN[C@@H]2CC2c2ccccc2)CC1)C1(N)CCCC1. The Labute approximate surface area is 159 Å². The topological polar surface area (TPSA) is 41.3 Å². The number of benzene rings is 1. The van der Waals surface area contributed by atoms with Gasteiger partial charge in [0, 0.05) is 37.3 Å². The second-order valence-electron chi connectivity index (χ2n) is 9.35. The molecule has 3 nitrogen and oxygen atoms in total. The van der Waals surface area contributed by atoms with Crippen molar-refractivity contribution in [1.29, 1.82) is 0 Å². The molecule has 3 aliphatic rings. The number of hydrogen-bond donors (Lipinski definition) is 2. The average molecular weight is 354 g/mol. The molecule has 0 bridgehead atoms. The Bertz CT molecular complexity index is 624. The van der Waals surface area contributed by atoms with Gasteiger partial charge in [0.15, 0.2) is 0 Å². The van der Waals surface area contributed by atoms with E-state index in [2.05, 4.69) is 54.1 Å². The van der Waals surface area contributed by atoms with Crippen LogP contribution in [0.15, 0.2) is 42.6 Å². The van der Waals surface area contributed by atoms with Gasteiger partial charge in [-0.2, -0.15) is 0 Å². The third-order valence-corrected chi connectivity index (χ3v) is 7.23. The van der Waals surface area contributed by atoms with Crippen molar-refractivity contribution < 1.29 is 0 Å². The molecule has 1 aromatic carbocycles. The van der Waals surface area contributed by atoms with Crippen molar-refractivity contribution in [1.82, 2.24) is 10.2 Å². The number of likely N-dealkylation sites (tertiary alicyclic amines) is 1. The van der Waals surface area contributed by atoms with E-state index < -0.39 is 0 Å². The van der Waals surface area contributed by atoms with Gasteiger partial charge < -0.3 is 16.0 Å². The number of piperidine rings is 1. The fourth-order valence-corrected chi connectivity index (χ4v) is 4.97. The Morgan fingerprint density at radius 3 is 2.46 bits per heavy atom. The smallest absolute Gasteiger partial charge is 0.0554 e. The lowest BCUT2D eigenvalue weighted by molar-refractivity contribution is 0.128. The van der Waals surface area contributed by atoms with Crippen molar-refractivity contribution >= 4 is 0 Å². The van der Waals surface area contributed by atoms with Crippen LogP contribution in [0.1, 0.15) is 63.4 Å². The van der Waals surface area contributed by atoms with Gasteiger partial charge in [0.1, 0.15) is 0 Å². The predicted octanol–water partition coefficient (Wildman–Crippen LogP) is 4.02. The summed E-state index contributed by atoms with van der Waals surface area (Å²) in [6.45, 7) is 10.2. The molecule has 4 rings (SSSR count). The molecule has 1 aromatic rings. The third-order valence-electron chi connectivity index (χ3n) is 7.23. The molecule has 1 saturated heterocycles. The van der Waals surface area contributed by atoms with Gasteiger partial charge in [-0.3, -0.25) is 0 Å². The summed E-state index contributed by atoms with van der Waals surface area (Å²) in [4.78, 5) is 2.48. The lowest BCUT2D eigenvalue weighted by Crippen LogP contribution is -2.50. The second-order valence-corrected chi connectivity index (χ2v) is 9.35. The zero-order chi connectivity index (χ0) is 18.2. The van der Waals surface area contributed by atoms with Crippen LogP contribution in [0.3, 0.4) is 0 Å². The highest BCUT2D eigenvalue weighted by Gasteiger charge is 2.41. The molecular formula is C23H35N3. The van der Waals surface area contributed by atoms with E-state index >= 15 is 0 Å². The van der Waals surface area contributed by atoms with Crippen LogP contribution in [-0.4, -0.2) is 36.1 Å². The van der Waals surface area contributed by atoms with Crippen LogP contribution in [0.25, 0.3) is 0 Å². The first-order valence-electron chi connectivity index (χ1n) is 10.5. The number of rotatable bonds is 6. The summed E-state index contributed by atoms with van der Waals surface area (Å²) >= 11 is 0. The highest BCUT2D eigenvalue weighted by Crippen LogP contribution is 2.42. The lowest BCUT2D eigenvalue weighted by atomic mass is 9.79. The fraction of sp³-hybridized carbons (Fsp3) is 0.652. The Morgan fingerprint density at radius 1 is 1.15 bits per heavy atom. The molecule has 1 heterocycles. The summed E-state index contributed by atoms with van der Waals surface area (Å²) in [5.74, 6) is 0.721. The molecule has 0 spiro atoms. The molecule has 0 radical (unpaired) electrons. The van der Waals surface area contributed by atoms with E-state index in [-0.39, 0.29) is 5.54 Å². The van der Waals surface area contributed by atoms with Crippen molar-refractivity contribution in [3.8, 4) is 0 Å². The van der Waals surface area contributed by atoms with E-state index in [0.29, 0.717) is 11.5 Å². The summed E-state index contributed by atoms with van der Waals surface area (Å²) in [7, 11) is 0. The number of nitrogens with one attached hydrogen (secondary N) is 1. The van der Waals surface area contributed by atoms with Gasteiger partial charge in [0.05, 0.1) is 5.54 Å². The molecular weight excluding hydrogens is 318 g/mol. The van der Waals surface area contributed by atoms with Gasteiger partial charge in [-0.25, -0.2) is 0 Å². The van der Waals surface area contributed by atoms with Gasteiger partial charge in [-0.1, -0.05) is 56.7 Å². The van der Waals surface area contributed by atoms with Gasteiger partial charge >= 0.3 is 0 Å². The molecule has 3 heteroatoms. The molecule has 2 saturated carbocycles. The highest BCUT2D eigenvalue weighted by molar-refractivity contribution is 5.27. The van der Waals surface area contributed by atoms with Crippen LogP contribution < -0.4 is 11.1 Å². The molecule has 142 valence electrons. The Balaban J connectivity index is 1.24. The van der Waals surface area contributed by atoms with E-state index in [0.717, 1.165) is 38.4 Å². The van der Waals surface area contributed by atoms with Crippen molar-refractivity contribution in [3.05, 3.63) is 48.2 Å². The predicted molar refractivity (Wildman–Crippen MR) is 109 cm³/mol. The molecule has 1 aliphatic heterocycles. The van der Waals surface area contributed by atoms with Crippen LogP contribution in [0.2, 0.25) is 0 Å². The molecule has 2 aliphatic carbocycles. The standard InChI is InChI=1S/C23H35N3/c1-18(23(24)10-6-7-11-23)26-14-12-22(2,13-15-26)17-25-21-16-20(21)19-8-4-3-5-9-19/h3-5,8-9,20-21,25H,1,6-7,10-17,24H2,2H3/t20?,21-/m1/s1. The zero-order valence-corrected chi connectivity index (χ0v) is 16.3. The van der Waals surface area contributed by atoms with Crippen molar-refractivity contribution in [2.24, 2.45) is 11.1 Å². The van der Waals surface area contributed by atoms with Crippen LogP contribution >= 0.6 is 0 Å². The summed E-state index contributed by atoms with van der Waals surface area (Å²) in [5, 5.41) is 3.86. The van der Waals surface area contributed by atoms with Gasteiger partial charge in [0.25, 0.3) is 0 Å². The fourth-order valence-electron chi connectivity index (χ4n) is 4.97. The highest BCUT2D eigenvalue weighted by atomic mass is 15.2. The van der Waals surface area contributed by atoms with E-state index in [4.69, 9.17) is 5.73 Å². The monoisotopic (exact) mass is 353 g/mol. The summed E-state index contributed by atoms with van der Waals surface area (Å²) < 4.78 is 0. The first-order chi connectivity index (χ1) is 12.5. The Morgan fingerprint density at radius 2 is 1.81 bits per heavy atom. The van der Waals surface area contributed by atoms with Crippen LogP contribution in [0, 0.1) is 5.41 Å². The first kappa shape index (κ1) is 18.1. The number of nitrogens with zero attached hydrogens (tertiary/aromatic N) is 1. The van der Waals surface area contributed by atoms with E-state index in [1.54, 1.807) is 0 Å². The van der Waals surface area contributed by atoms with E-state index in [1.807, 2.05) is 0 Å². The second kappa shape index (κ2) is 7.01. The molecule has 2 atom stereocenters.